The van der Waals surface area contributed by atoms with Crippen LogP contribution in [-0.2, 0) is 9.59 Å². The second-order valence-corrected chi connectivity index (χ2v) is 7.55. The van der Waals surface area contributed by atoms with E-state index >= 15 is 0 Å². The van der Waals surface area contributed by atoms with Crippen molar-refractivity contribution in [3.8, 4) is 22.1 Å². The average Bonchev–Trinajstić information content (AvgIpc) is 3.27. The largest absolute Gasteiger partial charge is 0.493 e. The van der Waals surface area contributed by atoms with Gasteiger partial charge in [0.1, 0.15) is 9.88 Å². The van der Waals surface area contributed by atoms with Gasteiger partial charge in [0.25, 0.3) is 5.91 Å². The molecule has 1 aromatic carbocycles. The predicted octanol–water partition coefficient (Wildman–Crippen LogP) is 2.40. The van der Waals surface area contributed by atoms with Crippen LogP contribution in [0.5, 0.6) is 11.5 Å². The number of thiazole rings is 1. The number of aryl methyl sites for hydroxylation is 1. The summed E-state index contributed by atoms with van der Waals surface area (Å²) in [6.45, 7) is 2.49. The summed E-state index contributed by atoms with van der Waals surface area (Å²) in [5.41, 5.74) is 1.48. The summed E-state index contributed by atoms with van der Waals surface area (Å²) >= 11 is 1.30. The molecule has 0 saturated carbocycles. The van der Waals surface area contributed by atoms with Gasteiger partial charge in [0.05, 0.1) is 19.9 Å². The van der Waals surface area contributed by atoms with Crippen molar-refractivity contribution < 1.29 is 23.9 Å². The third-order valence-electron chi connectivity index (χ3n) is 4.63. The van der Waals surface area contributed by atoms with Gasteiger partial charge >= 0.3 is 0 Å². The third-order valence-corrected chi connectivity index (χ3v) is 5.84. The Labute approximate surface area is 172 Å². The van der Waals surface area contributed by atoms with Crippen molar-refractivity contribution in [2.75, 3.05) is 27.3 Å². The summed E-state index contributed by atoms with van der Waals surface area (Å²) in [5, 5.41) is 3.55. The number of methoxy groups -OCH3 is 2. The monoisotopic (exact) mass is 417 g/mol. The molecule has 8 nitrogen and oxygen atoms in total. The maximum Gasteiger partial charge on any atom is 0.263 e. The number of benzene rings is 1. The number of imide groups is 1. The Morgan fingerprint density at radius 2 is 1.86 bits per heavy atom. The minimum atomic E-state index is -0.217. The molecule has 0 bridgehead atoms. The van der Waals surface area contributed by atoms with Crippen molar-refractivity contribution in [1.82, 2.24) is 15.2 Å². The van der Waals surface area contributed by atoms with E-state index < -0.39 is 0 Å². The number of aromatic nitrogens is 1. The Morgan fingerprint density at radius 3 is 2.52 bits per heavy atom. The molecular weight excluding hydrogens is 394 g/mol. The Kier molecular flexibility index (Phi) is 6.48. The molecule has 9 heteroatoms. The molecule has 29 heavy (non-hydrogen) atoms. The molecule has 1 N–H and O–H groups in total. The van der Waals surface area contributed by atoms with Crippen molar-refractivity contribution in [2.45, 2.75) is 26.2 Å². The number of likely N-dealkylation sites (tertiary alicyclic amines) is 1. The van der Waals surface area contributed by atoms with Crippen LogP contribution in [0.15, 0.2) is 18.2 Å². The van der Waals surface area contributed by atoms with Crippen LogP contribution in [0, 0.1) is 6.92 Å². The number of nitrogens with zero attached hydrogens (tertiary/aromatic N) is 2. The molecule has 0 spiro atoms. The fourth-order valence-corrected chi connectivity index (χ4v) is 4.07. The van der Waals surface area contributed by atoms with Crippen LogP contribution < -0.4 is 14.8 Å². The van der Waals surface area contributed by atoms with Crippen molar-refractivity contribution >= 4 is 29.1 Å². The van der Waals surface area contributed by atoms with Crippen LogP contribution in [0.1, 0.15) is 34.6 Å². The first-order valence-corrected chi connectivity index (χ1v) is 10.1. The fourth-order valence-electron chi connectivity index (χ4n) is 3.09. The Hall–Kier alpha value is -2.94. The molecular formula is C20H23N3O5S. The molecule has 154 valence electrons. The quantitative estimate of drug-likeness (QED) is 0.523. The molecule has 1 aliphatic rings. The highest BCUT2D eigenvalue weighted by molar-refractivity contribution is 7.17. The third kappa shape index (κ3) is 4.56. The van der Waals surface area contributed by atoms with E-state index in [-0.39, 0.29) is 30.6 Å². The number of ether oxygens (including phenoxy) is 2. The maximum absolute atomic E-state index is 12.5. The van der Waals surface area contributed by atoms with E-state index in [2.05, 4.69) is 10.3 Å². The van der Waals surface area contributed by atoms with E-state index in [1.165, 1.54) is 16.2 Å². The summed E-state index contributed by atoms with van der Waals surface area (Å²) < 4.78 is 10.6. The zero-order valence-corrected chi connectivity index (χ0v) is 17.4. The molecule has 2 heterocycles. The van der Waals surface area contributed by atoms with E-state index in [0.717, 1.165) is 5.56 Å². The molecule has 1 fully saturated rings. The first-order chi connectivity index (χ1) is 13.9. The summed E-state index contributed by atoms with van der Waals surface area (Å²) in [6, 6.07) is 5.49. The topological polar surface area (TPSA) is 97.8 Å². The van der Waals surface area contributed by atoms with Crippen LogP contribution in [0.25, 0.3) is 10.6 Å². The van der Waals surface area contributed by atoms with Gasteiger partial charge in [-0.15, -0.1) is 11.3 Å². The number of hydrogen-bond donors (Lipinski definition) is 1. The SMILES string of the molecule is COc1ccc(-c2nc(C)c(C(=O)NCCCN3C(=O)CCC3=O)s2)cc1OC. The number of carbonyl (C=O) groups excluding carboxylic acids is 3. The van der Waals surface area contributed by atoms with E-state index in [4.69, 9.17) is 9.47 Å². The molecule has 3 rings (SSSR count). The Morgan fingerprint density at radius 1 is 1.17 bits per heavy atom. The smallest absolute Gasteiger partial charge is 0.263 e. The van der Waals surface area contributed by atoms with Crippen molar-refractivity contribution in [1.29, 1.82) is 0 Å². The summed E-state index contributed by atoms with van der Waals surface area (Å²) in [4.78, 5) is 42.0. The number of hydrogen-bond acceptors (Lipinski definition) is 7. The Bertz CT molecular complexity index is 924. The van der Waals surface area contributed by atoms with Gasteiger partial charge in [-0.05, 0) is 31.5 Å². The van der Waals surface area contributed by atoms with Gasteiger partial charge in [0.15, 0.2) is 11.5 Å². The first kappa shape index (κ1) is 20.8. The molecule has 0 radical (unpaired) electrons. The zero-order chi connectivity index (χ0) is 21.0. The molecule has 0 unspecified atom stereocenters. The summed E-state index contributed by atoms with van der Waals surface area (Å²) in [6.07, 6.45) is 1.08. The minimum Gasteiger partial charge on any atom is -0.493 e. The van der Waals surface area contributed by atoms with Gasteiger partial charge in [-0.25, -0.2) is 4.98 Å². The highest BCUT2D eigenvalue weighted by Crippen LogP contribution is 2.34. The number of rotatable bonds is 8. The Balaban J connectivity index is 1.61. The van der Waals surface area contributed by atoms with Crippen molar-refractivity contribution in [3.63, 3.8) is 0 Å². The van der Waals surface area contributed by atoms with Crippen LogP contribution >= 0.6 is 11.3 Å². The highest BCUT2D eigenvalue weighted by atomic mass is 32.1. The van der Waals surface area contributed by atoms with Gasteiger partial charge in [0, 0.05) is 31.5 Å². The van der Waals surface area contributed by atoms with Crippen LogP contribution in [-0.4, -0.2) is 54.9 Å². The van der Waals surface area contributed by atoms with Gasteiger partial charge in [-0.1, -0.05) is 0 Å². The zero-order valence-electron chi connectivity index (χ0n) is 16.6. The van der Waals surface area contributed by atoms with Crippen LogP contribution in [0.2, 0.25) is 0 Å². The van der Waals surface area contributed by atoms with Crippen molar-refractivity contribution in [2.24, 2.45) is 0 Å². The molecule has 2 aromatic rings. The normalized spacial score (nSPS) is 13.7. The molecule has 0 aliphatic carbocycles. The van der Waals surface area contributed by atoms with Gasteiger partial charge in [0.2, 0.25) is 11.8 Å². The maximum atomic E-state index is 12.5. The molecule has 3 amide bonds. The summed E-state index contributed by atoms with van der Waals surface area (Å²) in [5.74, 6) is 0.719. The van der Waals surface area contributed by atoms with Crippen molar-refractivity contribution in [3.05, 3.63) is 28.8 Å². The number of nitrogens with one attached hydrogen (secondary N) is 1. The lowest BCUT2D eigenvalue weighted by Gasteiger charge is -2.13. The average molecular weight is 417 g/mol. The second-order valence-electron chi connectivity index (χ2n) is 6.55. The van der Waals surface area contributed by atoms with Crippen LogP contribution in [0.3, 0.4) is 0 Å². The van der Waals surface area contributed by atoms with Gasteiger partial charge in [-0.2, -0.15) is 0 Å². The van der Waals surface area contributed by atoms with E-state index in [1.54, 1.807) is 27.2 Å². The number of carbonyl (C=O) groups is 3. The lowest BCUT2D eigenvalue weighted by Crippen LogP contribution is -2.33. The first-order valence-electron chi connectivity index (χ1n) is 9.25. The highest BCUT2D eigenvalue weighted by Gasteiger charge is 2.28. The van der Waals surface area contributed by atoms with Gasteiger partial charge < -0.3 is 14.8 Å². The molecule has 1 aliphatic heterocycles. The van der Waals surface area contributed by atoms with E-state index in [1.807, 2.05) is 12.1 Å². The fraction of sp³-hybridized carbons (Fsp3) is 0.400. The standard InChI is InChI=1S/C20H23N3O5S/c1-12-18(19(26)21-9-4-10-23-16(24)7-8-17(23)25)29-20(22-12)13-5-6-14(27-2)15(11-13)28-3/h5-6,11H,4,7-10H2,1-3H3,(H,21,26). The predicted molar refractivity (Wildman–Crippen MR) is 108 cm³/mol. The number of amides is 3. The van der Waals surface area contributed by atoms with E-state index in [9.17, 15) is 14.4 Å². The lowest BCUT2D eigenvalue weighted by molar-refractivity contribution is -0.138. The van der Waals surface area contributed by atoms with Crippen LogP contribution in [0.4, 0.5) is 0 Å². The molecule has 1 aromatic heterocycles. The summed E-state index contributed by atoms with van der Waals surface area (Å²) in [7, 11) is 3.14. The second kappa shape index (κ2) is 9.04. The molecule has 1 saturated heterocycles. The van der Waals surface area contributed by atoms with Gasteiger partial charge in [-0.3, -0.25) is 19.3 Å². The molecule has 0 atom stereocenters. The van der Waals surface area contributed by atoms with E-state index in [0.29, 0.717) is 46.6 Å². The minimum absolute atomic E-state index is 0.140. The lowest BCUT2D eigenvalue weighted by atomic mass is 10.2.